The molecule has 0 bridgehead atoms. The number of unbranched alkanes of at least 4 members (excludes halogenated alkanes) is 1. The fourth-order valence-electron chi connectivity index (χ4n) is 4.06. The third kappa shape index (κ3) is 3.71. The Hall–Kier alpha value is -2.19. The Labute approximate surface area is 165 Å². The number of carbonyl (C=O) groups is 2. The van der Waals surface area contributed by atoms with Crippen molar-refractivity contribution in [3.8, 4) is 0 Å². The molecule has 1 heterocycles. The zero-order valence-electron chi connectivity index (χ0n) is 16.1. The smallest absolute Gasteiger partial charge is 0.304 e. The maximum Gasteiger partial charge on any atom is 0.304 e. The lowest BCUT2D eigenvalue weighted by Gasteiger charge is -2.21. The second-order valence-electron chi connectivity index (χ2n) is 7.24. The van der Waals surface area contributed by atoms with Crippen LogP contribution < -0.4 is 9.62 Å². The molecule has 28 heavy (non-hydrogen) atoms. The molecule has 0 radical (unpaired) electrons. The Morgan fingerprint density at radius 3 is 2.75 bits per heavy atom. The molecule has 0 spiro atoms. The summed E-state index contributed by atoms with van der Waals surface area (Å²) < 4.78 is 28.8. The largest absolute Gasteiger partial charge is 0.481 e. The Morgan fingerprint density at radius 2 is 2.11 bits per heavy atom. The third-order valence-electron chi connectivity index (χ3n) is 5.34. The van der Waals surface area contributed by atoms with Gasteiger partial charge in [0, 0.05) is 23.8 Å². The van der Waals surface area contributed by atoms with E-state index < -0.39 is 22.0 Å². The van der Waals surface area contributed by atoms with E-state index in [0.717, 1.165) is 24.1 Å². The first-order chi connectivity index (χ1) is 13.3. The summed E-state index contributed by atoms with van der Waals surface area (Å²) in [5.41, 5.74) is 2.07. The summed E-state index contributed by atoms with van der Waals surface area (Å²) in [7, 11) is -3.93. The normalized spacial score (nSPS) is 19.0. The van der Waals surface area contributed by atoms with Crippen molar-refractivity contribution in [2.24, 2.45) is 0 Å². The van der Waals surface area contributed by atoms with Gasteiger partial charge < -0.3 is 10.0 Å². The number of nitrogens with zero attached hydrogens (tertiary/aromatic N) is 1. The van der Waals surface area contributed by atoms with Crippen molar-refractivity contribution >= 4 is 33.7 Å². The molecular weight excluding hydrogens is 380 g/mol. The van der Waals surface area contributed by atoms with Gasteiger partial charge in [-0.15, -0.1) is 0 Å². The summed E-state index contributed by atoms with van der Waals surface area (Å²) in [6.45, 7) is 4.40. The quantitative estimate of drug-likeness (QED) is 0.656. The van der Waals surface area contributed by atoms with Crippen LogP contribution in [0, 0.1) is 0 Å². The number of likely N-dealkylation sites (N-methyl/N-ethyl adjacent to an activating group) is 1. The van der Waals surface area contributed by atoms with Crippen LogP contribution in [-0.4, -0.2) is 38.0 Å². The summed E-state index contributed by atoms with van der Waals surface area (Å²) in [5, 5.41) is 9.12. The molecule has 1 aromatic rings. The van der Waals surface area contributed by atoms with Gasteiger partial charge in [-0.25, -0.2) is 13.1 Å². The average Bonchev–Trinajstić information content (AvgIpc) is 2.92. The summed E-state index contributed by atoms with van der Waals surface area (Å²) >= 11 is 0. The number of rotatable bonds is 9. The highest BCUT2D eigenvalue weighted by molar-refractivity contribution is 7.89. The van der Waals surface area contributed by atoms with Gasteiger partial charge in [-0.05, 0) is 37.5 Å². The van der Waals surface area contributed by atoms with E-state index in [-0.39, 0.29) is 23.1 Å². The van der Waals surface area contributed by atoms with Crippen LogP contribution in [0.3, 0.4) is 0 Å². The Balaban J connectivity index is 1.99. The molecule has 7 nitrogen and oxygen atoms in total. The molecule has 0 aromatic heterocycles. The minimum atomic E-state index is -3.93. The van der Waals surface area contributed by atoms with Crippen LogP contribution in [0.1, 0.15) is 63.0 Å². The molecule has 3 rings (SSSR count). The second-order valence-corrected chi connectivity index (χ2v) is 8.92. The fourth-order valence-corrected chi connectivity index (χ4v) is 5.54. The van der Waals surface area contributed by atoms with Gasteiger partial charge in [0.1, 0.15) is 0 Å². The van der Waals surface area contributed by atoms with E-state index in [2.05, 4.69) is 4.72 Å². The van der Waals surface area contributed by atoms with E-state index in [1.54, 1.807) is 17.0 Å². The summed E-state index contributed by atoms with van der Waals surface area (Å²) in [4.78, 5) is 25.6. The van der Waals surface area contributed by atoms with Crippen molar-refractivity contribution in [1.82, 2.24) is 4.72 Å². The standard InChI is InChI=1S/C20H26N2O5S/c1-3-5-7-13(12-18(23)24)21-28(26,27)17-11-10-16-19-14(17)8-6-9-15(19)20(25)22(16)4-2/h6,8,10-11,13,15,21H,3-5,7,9,12H2,1-2H3,(H,23,24). The molecule has 1 aromatic carbocycles. The van der Waals surface area contributed by atoms with E-state index >= 15 is 0 Å². The molecule has 1 amide bonds. The van der Waals surface area contributed by atoms with Gasteiger partial charge in [0.05, 0.1) is 17.2 Å². The van der Waals surface area contributed by atoms with E-state index in [1.807, 2.05) is 19.9 Å². The summed E-state index contributed by atoms with van der Waals surface area (Å²) in [6, 6.07) is 2.54. The molecule has 2 atom stereocenters. The Kier molecular flexibility index (Phi) is 5.90. The van der Waals surface area contributed by atoms with Crippen LogP contribution in [-0.2, 0) is 19.6 Å². The predicted molar refractivity (Wildman–Crippen MR) is 107 cm³/mol. The zero-order chi connectivity index (χ0) is 20.5. The van der Waals surface area contributed by atoms with Crippen molar-refractivity contribution < 1.29 is 23.1 Å². The van der Waals surface area contributed by atoms with Crippen LogP contribution in [0.2, 0.25) is 0 Å². The van der Waals surface area contributed by atoms with Gasteiger partial charge in [-0.1, -0.05) is 31.9 Å². The molecule has 0 saturated heterocycles. The van der Waals surface area contributed by atoms with Crippen molar-refractivity contribution in [2.45, 2.75) is 62.8 Å². The van der Waals surface area contributed by atoms with E-state index in [4.69, 9.17) is 5.11 Å². The van der Waals surface area contributed by atoms with Gasteiger partial charge in [-0.3, -0.25) is 9.59 Å². The van der Waals surface area contributed by atoms with E-state index in [1.165, 1.54) is 6.07 Å². The highest BCUT2D eigenvalue weighted by Gasteiger charge is 2.40. The first-order valence-corrected chi connectivity index (χ1v) is 11.2. The molecule has 2 unspecified atom stereocenters. The number of allylic oxidation sites excluding steroid dienone is 1. The number of benzene rings is 1. The minimum absolute atomic E-state index is 0.00249. The van der Waals surface area contributed by atoms with Gasteiger partial charge >= 0.3 is 5.97 Å². The van der Waals surface area contributed by atoms with Crippen LogP contribution in [0.5, 0.6) is 0 Å². The van der Waals surface area contributed by atoms with Gasteiger partial charge in [0.2, 0.25) is 15.9 Å². The number of amides is 1. The number of sulfonamides is 1. The van der Waals surface area contributed by atoms with Crippen molar-refractivity contribution in [2.75, 3.05) is 11.4 Å². The number of carboxylic acids is 1. The van der Waals surface area contributed by atoms with Crippen LogP contribution in [0.25, 0.3) is 6.08 Å². The van der Waals surface area contributed by atoms with Crippen molar-refractivity contribution in [1.29, 1.82) is 0 Å². The summed E-state index contributed by atoms with van der Waals surface area (Å²) in [6.07, 6.45) is 5.93. The molecule has 1 aliphatic heterocycles. The van der Waals surface area contributed by atoms with Crippen molar-refractivity contribution in [3.63, 3.8) is 0 Å². The number of aliphatic carboxylic acids is 1. The van der Waals surface area contributed by atoms with Gasteiger partial charge in [0.15, 0.2) is 0 Å². The fraction of sp³-hybridized carbons (Fsp3) is 0.500. The van der Waals surface area contributed by atoms with Crippen LogP contribution in [0.15, 0.2) is 23.1 Å². The monoisotopic (exact) mass is 406 g/mol. The number of hydrogen-bond donors (Lipinski definition) is 2. The molecular formula is C20H26N2O5S. The molecule has 0 saturated carbocycles. The molecule has 0 fully saturated rings. The lowest BCUT2D eigenvalue weighted by Crippen LogP contribution is -2.37. The van der Waals surface area contributed by atoms with E-state index in [9.17, 15) is 18.0 Å². The number of carboxylic acid groups (broad SMARTS) is 1. The lowest BCUT2D eigenvalue weighted by molar-refractivity contribution is -0.137. The first-order valence-electron chi connectivity index (χ1n) is 9.69. The predicted octanol–water partition coefficient (Wildman–Crippen LogP) is 2.87. The highest BCUT2D eigenvalue weighted by atomic mass is 32.2. The Bertz CT molecular complexity index is 923. The van der Waals surface area contributed by atoms with E-state index in [0.29, 0.717) is 24.9 Å². The van der Waals surface area contributed by atoms with Crippen LogP contribution >= 0.6 is 0 Å². The van der Waals surface area contributed by atoms with Gasteiger partial charge in [0.25, 0.3) is 0 Å². The zero-order valence-corrected chi connectivity index (χ0v) is 17.0. The molecule has 8 heteroatoms. The van der Waals surface area contributed by atoms with Crippen LogP contribution in [0.4, 0.5) is 5.69 Å². The minimum Gasteiger partial charge on any atom is -0.481 e. The molecule has 152 valence electrons. The third-order valence-corrected chi connectivity index (χ3v) is 6.92. The van der Waals surface area contributed by atoms with Gasteiger partial charge in [-0.2, -0.15) is 0 Å². The number of anilines is 1. The number of nitrogens with one attached hydrogen (secondary N) is 1. The topological polar surface area (TPSA) is 104 Å². The maximum absolute atomic E-state index is 13.1. The number of hydrogen-bond acceptors (Lipinski definition) is 4. The highest BCUT2D eigenvalue weighted by Crippen LogP contribution is 2.46. The molecule has 1 aliphatic carbocycles. The average molecular weight is 407 g/mol. The first kappa shape index (κ1) is 20.5. The maximum atomic E-state index is 13.1. The molecule has 2 aliphatic rings. The lowest BCUT2D eigenvalue weighted by atomic mass is 9.88. The van der Waals surface area contributed by atoms with Crippen molar-refractivity contribution in [3.05, 3.63) is 29.3 Å². The number of carbonyl (C=O) groups excluding carboxylic acids is 1. The molecule has 2 N–H and O–H groups in total. The SMILES string of the molecule is CCCCC(CC(=O)O)NS(=O)(=O)c1ccc2c3c1C=CCC3C(=O)N2CC. The Morgan fingerprint density at radius 1 is 1.36 bits per heavy atom. The second kappa shape index (κ2) is 8.05. The summed E-state index contributed by atoms with van der Waals surface area (Å²) in [5.74, 6) is -1.39.